The van der Waals surface area contributed by atoms with Crippen LogP contribution in [0.1, 0.15) is 6.42 Å². The van der Waals surface area contributed by atoms with Crippen LogP contribution < -0.4 is 16.4 Å². The van der Waals surface area contributed by atoms with Crippen LogP contribution in [0, 0.1) is 0 Å². The summed E-state index contributed by atoms with van der Waals surface area (Å²) in [7, 11) is 0. The number of carbonyl (C=O) groups is 3. The molecule has 0 aliphatic rings. The minimum absolute atomic E-state index is 0.465. The fourth-order valence-electron chi connectivity index (χ4n) is 1.43. The van der Waals surface area contributed by atoms with Gasteiger partial charge in [0.1, 0.15) is 6.04 Å². The van der Waals surface area contributed by atoms with Gasteiger partial charge in [0, 0.05) is 10.6 Å². The number of amides is 3. The standard InChI is InChI=1S/C12H15N3O4S/c1-20-8-4-2-3-7(5-8)14-12(19)15-9(11(17)18)6-10(13)16/h2-5,9H,6H2,1H3,(H2,13,16)(H,17,18)(H2,14,15,19). The topological polar surface area (TPSA) is 122 Å². The van der Waals surface area contributed by atoms with E-state index in [1.54, 1.807) is 18.2 Å². The van der Waals surface area contributed by atoms with Crippen molar-refractivity contribution in [1.29, 1.82) is 0 Å². The molecule has 0 saturated carbocycles. The third-order valence-corrected chi connectivity index (χ3v) is 3.06. The summed E-state index contributed by atoms with van der Waals surface area (Å²) in [6.07, 6.45) is 1.43. The summed E-state index contributed by atoms with van der Waals surface area (Å²) in [5, 5.41) is 13.5. The van der Waals surface area contributed by atoms with Crippen molar-refractivity contribution in [3.8, 4) is 0 Å². The van der Waals surface area contributed by atoms with Gasteiger partial charge in [0.15, 0.2) is 0 Å². The predicted molar refractivity (Wildman–Crippen MR) is 75.6 cm³/mol. The van der Waals surface area contributed by atoms with Crippen LogP contribution in [0.4, 0.5) is 10.5 Å². The lowest BCUT2D eigenvalue weighted by molar-refractivity contribution is -0.140. The first kappa shape index (κ1) is 15.8. The van der Waals surface area contributed by atoms with E-state index in [4.69, 9.17) is 10.8 Å². The van der Waals surface area contributed by atoms with E-state index in [-0.39, 0.29) is 0 Å². The third kappa shape index (κ3) is 5.19. The minimum Gasteiger partial charge on any atom is -0.480 e. The first-order chi connectivity index (χ1) is 9.42. The summed E-state index contributed by atoms with van der Waals surface area (Å²) >= 11 is 1.51. The van der Waals surface area contributed by atoms with E-state index < -0.39 is 30.4 Å². The van der Waals surface area contributed by atoms with Gasteiger partial charge in [-0.1, -0.05) is 6.07 Å². The van der Waals surface area contributed by atoms with Crippen molar-refractivity contribution in [3.05, 3.63) is 24.3 Å². The highest BCUT2D eigenvalue weighted by Gasteiger charge is 2.22. The van der Waals surface area contributed by atoms with Gasteiger partial charge in [-0.2, -0.15) is 0 Å². The van der Waals surface area contributed by atoms with Crippen LogP contribution in [0.25, 0.3) is 0 Å². The number of benzene rings is 1. The summed E-state index contributed by atoms with van der Waals surface area (Å²) < 4.78 is 0. The molecular weight excluding hydrogens is 282 g/mol. The molecular formula is C12H15N3O4S. The van der Waals surface area contributed by atoms with Crippen LogP contribution in [-0.4, -0.2) is 35.3 Å². The maximum absolute atomic E-state index is 11.7. The monoisotopic (exact) mass is 297 g/mol. The zero-order valence-electron chi connectivity index (χ0n) is 10.8. The summed E-state index contributed by atoms with van der Waals surface area (Å²) in [4.78, 5) is 34.2. The molecule has 1 atom stereocenters. The average Bonchev–Trinajstić information content (AvgIpc) is 2.37. The van der Waals surface area contributed by atoms with Crippen molar-refractivity contribution in [2.75, 3.05) is 11.6 Å². The van der Waals surface area contributed by atoms with Gasteiger partial charge < -0.3 is 21.5 Å². The average molecular weight is 297 g/mol. The lowest BCUT2D eigenvalue weighted by Gasteiger charge is -2.13. The van der Waals surface area contributed by atoms with Crippen LogP contribution in [0.15, 0.2) is 29.2 Å². The second kappa shape index (κ2) is 7.39. The Morgan fingerprint density at radius 2 is 2.10 bits per heavy atom. The highest BCUT2D eigenvalue weighted by atomic mass is 32.2. The fourth-order valence-corrected chi connectivity index (χ4v) is 1.89. The number of anilines is 1. The number of rotatable bonds is 6. The molecule has 0 aliphatic carbocycles. The van der Waals surface area contributed by atoms with E-state index in [0.29, 0.717) is 5.69 Å². The van der Waals surface area contributed by atoms with Gasteiger partial charge in [0.25, 0.3) is 0 Å². The van der Waals surface area contributed by atoms with Crippen LogP contribution in [0.2, 0.25) is 0 Å². The zero-order chi connectivity index (χ0) is 15.1. The molecule has 8 heteroatoms. The number of nitrogens with one attached hydrogen (secondary N) is 2. The summed E-state index contributed by atoms with van der Waals surface area (Å²) in [6.45, 7) is 0. The first-order valence-corrected chi connectivity index (χ1v) is 6.87. The van der Waals surface area contributed by atoms with Gasteiger partial charge in [0.2, 0.25) is 5.91 Å². The number of primary amides is 1. The normalized spacial score (nSPS) is 11.4. The van der Waals surface area contributed by atoms with E-state index in [2.05, 4.69) is 10.6 Å². The second-order valence-electron chi connectivity index (χ2n) is 3.89. The molecule has 1 unspecified atom stereocenters. The van der Waals surface area contributed by atoms with Crippen molar-refractivity contribution in [1.82, 2.24) is 5.32 Å². The first-order valence-electron chi connectivity index (χ1n) is 5.65. The number of carboxylic acid groups (broad SMARTS) is 1. The largest absolute Gasteiger partial charge is 0.480 e. The van der Waals surface area contributed by atoms with Crippen molar-refractivity contribution in [2.24, 2.45) is 5.73 Å². The second-order valence-corrected chi connectivity index (χ2v) is 4.77. The Morgan fingerprint density at radius 3 is 2.65 bits per heavy atom. The Balaban J connectivity index is 2.65. The number of urea groups is 1. The molecule has 0 saturated heterocycles. The quantitative estimate of drug-likeness (QED) is 0.580. The number of nitrogens with two attached hydrogens (primary N) is 1. The summed E-state index contributed by atoms with van der Waals surface area (Å²) in [5.74, 6) is -2.13. The van der Waals surface area contributed by atoms with Gasteiger partial charge in [-0.15, -0.1) is 11.8 Å². The van der Waals surface area contributed by atoms with Crippen LogP contribution in [0.5, 0.6) is 0 Å². The molecule has 5 N–H and O–H groups in total. The molecule has 0 aliphatic heterocycles. The molecule has 1 rings (SSSR count). The Labute approximate surface area is 119 Å². The van der Waals surface area contributed by atoms with Crippen molar-refractivity contribution in [3.63, 3.8) is 0 Å². The van der Waals surface area contributed by atoms with Crippen molar-refractivity contribution < 1.29 is 19.5 Å². The number of thioether (sulfide) groups is 1. The van der Waals surface area contributed by atoms with Crippen molar-refractivity contribution >= 4 is 35.4 Å². The van der Waals surface area contributed by atoms with Gasteiger partial charge >= 0.3 is 12.0 Å². The number of carboxylic acids is 1. The smallest absolute Gasteiger partial charge is 0.326 e. The maximum atomic E-state index is 11.7. The highest BCUT2D eigenvalue weighted by molar-refractivity contribution is 7.98. The molecule has 20 heavy (non-hydrogen) atoms. The number of aliphatic carboxylic acids is 1. The van der Waals surface area contributed by atoms with E-state index in [1.165, 1.54) is 11.8 Å². The Kier molecular flexibility index (Phi) is 5.85. The zero-order valence-corrected chi connectivity index (χ0v) is 11.6. The molecule has 1 aromatic carbocycles. The van der Waals surface area contributed by atoms with Gasteiger partial charge in [-0.3, -0.25) is 4.79 Å². The lowest BCUT2D eigenvalue weighted by Crippen LogP contribution is -2.45. The van der Waals surface area contributed by atoms with Crippen molar-refractivity contribution in [2.45, 2.75) is 17.4 Å². The molecule has 3 amide bonds. The van der Waals surface area contributed by atoms with Crippen LogP contribution in [-0.2, 0) is 9.59 Å². The Hall–Kier alpha value is -2.22. The molecule has 0 bridgehead atoms. The number of hydrogen-bond donors (Lipinski definition) is 4. The van der Waals surface area contributed by atoms with Gasteiger partial charge in [0.05, 0.1) is 6.42 Å². The SMILES string of the molecule is CSc1cccc(NC(=O)NC(CC(N)=O)C(=O)O)c1. The fraction of sp³-hybridized carbons (Fsp3) is 0.250. The molecule has 108 valence electrons. The molecule has 0 radical (unpaired) electrons. The van der Waals surface area contributed by atoms with Crippen LogP contribution in [0.3, 0.4) is 0 Å². The molecule has 1 aromatic rings. The molecule has 0 fully saturated rings. The maximum Gasteiger partial charge on any atom is 0.326 e. The predicted octanol–water partition coefficient (Wildman–Crippen LogP) is 0.859. The van der Waals surface area contributed by atoms with E-state index in [9.17, 15) is 14.4 Å². The van der Waals surface area contributed by atoms with Gasteiger partial charge in [-0.05, 0) is 24.5 Å². The van der Waals surface area contributed by atoms with E-state index in [1.807, 2.05) is 12.3 Å². The number of carbonyl (C=O) groups excluding carboxylic acids is 2. The van der Waals surface area contributed by atoms with E-state index in [0.717, 1.165) is 4.90 Å². The number of hydrogen-bond acceptors (Lipinski definition) is 4. The summed E-state index contributed by atoms with van der Waals surface area (Å²) in [6, 6.07) is 4.99. The molecule has 7 nitrogen and oxygen atoms in total. The molecule has 0 spiro atoms. The minimum atomic E-state index is -1.35. The highest BCUT2D eigenvalue weighted by Crippen LogP contribution is 2.18. The molecule has 0 heterocycles. The molecule has 0 aromatic heterocycles. The Morgan fingerprint density at radius 1 is 1.40 bits per heavy atom. The van der Waals surface area contributed by atoms with Gasteiger partial charge in [-0.25, -0.2) is 9.59 Å². The third-order valence-electron chi connectivity index (χ3n) is 2.34. The lowest BCUT2D eigenvalue weighted by atomic mass is 10.2. The Bertz CT molecular complexity index is 521. The van der Waals surface area contributed by atoms with Crippen LogP contribution >= 0.6 is 11.8 Å². The summed E-state index contributed by atoms with van der Waals surface area (Å²) in [5.41, 5.74) is 5.45. The van der Waals surface area contributed by atoms with E-state index >= 15 is 0 Å².